The predicted molar refractivity (Wildman–Crippen MR) is 73.2 cm³/mol. The Balaban J connectivity index is 2.41. The highest BCUT2D eigenvalue weighted by Gasteiger charge is 2.57. The minimum absolute atomic E-state index is 0.248. The van der Waals surface area contributed by atoms with E-state index in [4.69, 9.17) is 0 Å². The summed E-state index contributed by atoms with van der Waals surface area (Å²) in [5.41, 5.74) is 1.02. The fourth-order valence-electron chi connectivity index (χ4n) is 2.69. The van der Waals surface area contributed by atoms with Gasteiger partial charge in [0, 0.05) is 0 Å². The second-order valence-corrected chi connectivity index (χ2v) is 11.2. The van der Waals surface area contributed by atoms with Crippen LogP contribution in [-0.4, -0.2) is 18.7 Å². The summed E-state index contributed by atoms with van der Waals surface area (Å²) >= 11 is 0. The van der Waals surface area contributed by atoms with Gasteiger partial charge in [0.2, 0.25) is 5.91 Å². The molecule has 0 aromatic heterocycles. The second kappa shape index (κ2) is 3.70. The largest absolute Gasteiger partial charge is 0.362 e. The summed E-state index contributed by atoms with van der Waals surface area (Å²) in [6.07, 6.45) is 0. The van der Waals surface area contributed by atoms with E-state index in [1.54, 1.807) is 0 Å². The van der Waals surface area contributed by atoms with Gasteiger partial charge in [0.05, 0.1) is 11.5 Å². The lowest BCUT2D eigenvalue weighted by Gasteiger charge is -2.58. The van der Waals surface area contributed by atoms with Gasteiger partial charge in [0.15, 0.2) is 8.24 Å². The number of rotatable bonds is 2. The number of nitrogens with zero attached hydrogens (tertiary/aromatic N) is 1. The van der Waals surface area contributed by atoms with E-state index in [1.165, 1.54) is 5.56 Å². The maximum Gasteiger partial charge on any atom is 0.223 e. The van der Waals surface area contributed by atoms with Crippen molar-refractivity contribution in [1.29, 1.82) is 0 Å². The van der Waals surface area contributed by atoms with Gasteiger partial charge in [0.1, 0.15) is 0 Å². The molecule has 1 saturated heterocycles. The number of hydrogen-bond acceptors (Lipinski definition) is 1. The number of benzene rings is 1. The van der Waals surface area contributed by atoms with Crippen molar-refractivity contribution in [3.05, 3.63) is 35.9 Å². The smallest absolute Gasteiger partial charge is 0.223 e. The summed E-state index contributed by atoms with van der Waals surface area (Å²) in [6, 6.07) is 10.6. The molecule has 0 radical (unpaired) electrons. The molecule has 0 saturated carbocycles. The Morgan fingerprint density at radius 3 is 2.12 bits per heavy atom. The van der Waals surface area contributed by atoms with Crippen molar-refractivity contribution in [2.24, 2.45) is 5.41 Å². The lowest BCUT2D eigenvalue weighted by atomic mass is 9.73. The molecular formula is C14H21NOSi. The average molecular weight is 247 g/mol. The third kappa shape index (κ3) is 1.82. The van der Waals surface area contributed by atoms with E-state index in [1.807, 2.05) is 6.07 Å². The number of hydrogen-bond donors (Lipinski definition) is 0. The van der Waals surface area contributed by atoms with Crippen LogP contribution < -0.4 is 0 Å². The quantitative estimate of drug-likeness (QED) is 0.579. The predicted octanol–water partition coefficient (Wildman–Crippen LogP) is 3.43. The van der Waals surface area contributed by atoms with Crippen LogP contribution in [0.3, 0.4) is 0 Å². The highest BCUT2D eigenvalue weighted by molar-refractivity contribution is 6.76. The maximum atomic E-state index is 12.3. The van der Waals surface area contributed by atoms with Crippen molar-refractivity contribution in [3.63, 3.8) is 0 Å². The summed E-state index contributed by atoms with van der Waals surface area (Å²) < 4.78 is 2.14. The number of amides is 1. The van der Waals surface area contributed by atoms with Crippen LogP contribution in [0.15, 0.2) is 30.3 Å². The van der Waals surface area contributed by atoms with Crippen LogP contribution >= 0.6 is 0 Å². The molecule has 0 bridgehead atoms. The fraction of sp³-hybridized carbons (Fsp3) is 0.500. The van der Waals surface area contributed by atoms with Crippen LogP contribution in [0.25, 0.3) is 0 Å². The molecule has 0 spiro atoms. The standard InChI is InChI=1S/C14H21NOSi/c1-14(2)12(11-9-7-6-8-10-11)15(13(14)16)17(3,4)5/h6-10,12H,1-5H3. The molecule has 1 aliphatic heterocycles. The van der Waals surface area contributed by atoms with E-state index >= 15 is 0 Å². The second-order valence-electron chi connectivity index (χ2n) is 6.38. The van der Waals surface area contributed by atoms with E-state index < -0.39 is 8.24 Å². The van der Waals surface area contributed by atoms with Crippen LogP contribution in [-0.2, 0) is 4.79 Å². The molecule has 1 amide bonds. The monoisotopic (exact) mass is 247 g/mol. The molecule has 0 N–H and O–H groups in total. The van der Waals surface area contributed by atoms with E-state index in [2.05, 4.69) is 62.3 Å². The Morgan fingerprint density at radius 1 is 1.12 bits per heavy atom. The van der Waals surface area contributed by atoms with Gasteiger partial charge < -0.3 is 4.57 Å². The van der Waals surface area contributed by atoms with Gasteiger partial charge in [-0.15, -0.1) is 0 Å². The van der Waals surface area contributed by atoms with Crippen LogP contribution in [0, 0.1) is 5.41 Å². The summed E-state index contributed by atoms with van der Waals surface area (Å²) in [6.45, 7) is 10.8. The molecule has 1 fully saturated rings. The van der Waals surface area contributed by atoms with Crippen molar-refractivity contribution in [2.75, 3.05) is 0 Å². The van der Waals surface area contributed by atoms with Crippen LogP contribution in [0.5, 0.6) is 0 Å². The van der Waals surface area contributed by atoms with Crippen LogP contribution in [0.1, 0.15) is 25.5 Å². The van der Waals surface area contributed by atoms with Gasteiger partial charge in [-0.2, -0.15) is 0 Å². The summed E-state index contributed by atoms with van der Waals surface area (Å²) in [5.74, 6) is 0.311. The third-order valence-corrected chi connectivity index (χ3v) is 5.46. The molecule has 1 atom stereocenters. The highest BCUT2D eigenvalue weighted by Crippen LogP contribution is 2.51. The topological polar surface area (TPSA) is 20.3 Å². The first-order valence-corrected chi connectivity index (χ1v) is 9.59. The SMILES string of the molecule is CC1(C)C(=O)N([Si](C)(C)C)C1c1ccccc1. The molecule has 2 nitrogen and oxygen atoms in total. The molecule has 1 heterocycles. The van der Waals surface area contributed by atoms with Crippen molar-refractivity contribution in [2.45, 2.75) is 39.5 Å². The summed E-state index contributed by atoms with van der Waals surface area (Å²) in [7, 11) is -1.59. The number of carbonyl (C=O) groups is 1. The van der Waals surface area contributed by atoms with Gasteiger partial charge in [-0.25, -0.2) is 0 Å². The molecule has 92 valence electrons. The minimum atomic E-state index is -1.59. The average Bonchev–Trinajstić information content (AvgIpc) is 2.24. The van der Waals surface area contributed by atoms with Gasteiger partial charge in [-0.05, 0) is 19.4 Å². The Bertz CT molecular complexity index is 433. The minimum Gasteiger partial charge on any atom is -0.362 e. The maximum absolute atomic E-state index is 12.3. The lowest BCUT2D eigenvalue weighted by molar-refractivity contribution is -0.158. The van der Waals surface area contributed by atoms with Crippen molar-refractivity contribution in [3.8, 4) is 0 Å². The van der Waals surface area contributed by atoms with E-state index in [9.17, 15) is 4.79 Å². The van der Waals surface area contributed by atoms with Crippen LogP contribution in [0.4, 0.5) is 0 Å². The molecule has 1 aliphatic rings. The van der Waals surface area contributed by atoms with Crippen molar-refractivity contribution >= 4 is 14.1 Å². The number of β-lactam (4-membered cyclic amide) rings is 1. The Labute approximate surface area is 105 Å². The molecule has 2 rings (SSSR count). The molecule has 17 heavy (non-hydrogen) atoms. The molecule has 1 aromatic rings. The molecule has 0 aliphatic carbocycles. The van der Waals surface area contributed by atoms with E-state index in [0.717, 1.165) is 0 Å². The van der Waals surface area contributed by atoms with E-state index in [-0.39, 0.29) is 11.5 Å². The lowest BCUT2D eigenvalue weighted by Crippen LogP contribution is -2.68. The third-order valence-electron chi connectivity index (χ3n) is 3.55. The summed E-state index contributed by atoms with van der Waals surface area (Å²) in [5, 5.41) is 0. The highest BCUT2D eigenvalue weighted by atomic mass is 28.3. The Morgan fingerprint density at radius 2 is 1.65 bits per heavy atom. The van der Waals surface area contributed by atoms with E-state index in [0.29, 0.717) is 5.91 Å². The molecule has 1 aromatic carbocycles. The van der Waals surface area contributed by atoms with Gasteiger partial charge in [-0.3, -0.25) is 4.79 Å². The van der Waals surface area contributed by atoms with Gasteiger partial charge >= 0.3 is 0 Å². The van der Waals surface area contributed by atoms with Crippen molar-refractivity contribution in [1.82, 2.24) is 4.57 Å². The number of carbonyl (C=O) groups excluding carboxylic acids is 1. The molecular weight excluding hydrogens is 226 g/mol. The first-order chi connectivity index (χ1) is 7.76. The Hall–Kier alpha value is -1.09. The normalized spacial score (nSPS) is 23.5. The zero-order valence-electron chi connectivity index (χ0n) is 11.3. The van der Waals surface area contributed by atoms with Gasteiger partial charge in [-0.1, -0.05) is 50.0 Å². The molecule has 1 unspecified atom stereocenters. The van der Waals surface area contributed by atoms with Gasteiger partial charge in [0.25, 0.3) is 0 Å². The summed E-state index contributed by atoms with van der Waals surface area (Å²) in [4.78, 5) is 12.3. The zero-order chi connectivity index (χ0) is 12.8. The van der Waals surface area contributed by atoms with Crippen molar-refractivity contribution < 1.29 is 4.79 Å². The van der Waals surface area contributed by atoms with Crippen LogP contribution in [0.2, 0.25) is 19.6 Å². The first-order valence-electron chi connectivity index (χ1n) is 6.15. The zero-order valence-corrected chi connectivity index (χ0v) is 12.3. The first kappa shape index (κ1) is 12.4. The Kier molecular flexibility index (Phi) is 2.69. The molecule has 3 heteroatoms. The fourth-order valence-corrected chi connectivity index (χ4v) is 4.84.